The van der Waals surface area contributed by atoms with E-state index in [0.29, 0.717) is 11.1 Å². The van der Waals surface area contributed by atoms with Crippen LogP contribution in [0, 0.1) is 0 Å². The van der Waals surface area contributed by atoms with Gasteiger partial charge in [-0.2, -0.15) is 0 Å². The van der Waals surface area contributed by atoms with E-state index in [1.165, 1.54) is 6.07 Å². The lowest BCUT2D eigenvalue weighted by Crippen LogP contribution is -2.11. The third-order valence-corrected chi connectivity index (χ3v) is 4.10. The van der Waals surface area contributed by atoms with Crippen LogP contribution in [0.3, 0.4) is 0 Å². The van der Waals surface area contributed by atoms with Crippen LogP contribution < -0.4 is 5.56 Å². The van der Waals surface area contributed by atoms with Gasteiger partial charge in [-0.15, -0.1) is 0 Å². The maximum atomic E-state index is 11.3. The highest BCUT2D eigenvalue weighted by Gasteiger charge is 2.20. The monoisotopic (exact) mass is 311 g/mol. The summed E-state index contributed by atoms with van der Waals surface area (Å²) in [4.78, 5) is 13.7. The Kier molecular flexibility index (Phi) is 3.73. The Balaban J connectivity index is 2.60. The number of pyridine rings is 1. The van der Waals surface area contributed by atoms with Crippen LogP contribution >= 0.6 is 15.9 Å². The molecule has 96 valence electrons. The van der Waals surface area contributed by atoms with Gasteiger partial charge in [0, 0.05) is 21.8 Å². The molecule has 0 aliphatic carbocycles. The van der Waals surface area contributed by atoms with Crippen LogP contribution in [0.5, 0.6) is 5.75 Å². The van der Waals surface area contributed by atoms with Crippen LogP contribution in [0.15, 0.2) is 29.1 Å². The van der Waals surface area contributed by atoms with Gasteiger partial charge in [-0.05, 0) is 12.5 Å². The molecule has 0 saturated carbocycles. The highest BCUT2D eigenvalue weighted by molar-refractivity contribution is 9.09. The average molecular weight is 312 g/mol. The Morgan fingerprint density at radius 1 is 1.33 bits per heavy atom. The Bertz CT molecular complexity index is 623. The van der Waals surface area contributed by atoms with Crippen molar-refractivity contribution < 1.29 is 10.2 Å². The number of H-pyrrole nitrogens is 1. The quantitative estimate of drug-likeness (QED) is 0.762. The van der Waals surface area contributed by atoms with Gasteiger partial charge in [0.2, 0.25) is 5.56 Å². The van der Waals surface area contributed by atoms with Crippen molar-refractivity contribution in [2.24, 2.45) is 0 Å². The Morgan fingerprint density at radius 3 is 2.67 bits per heavy atom. The van der Waals surface area contributed by atoms with Crippen molar-refractivity contribution in [3.8, 4) is 5.75 Å². The normalized spacial score (nSPS) is 14.6. The maximum Gasteiger partial charge on any atom is 0.248 e. The first-order valence-corrected chi connectivity index (χ1v) is 6.63. The molecule has 0 aliphatic heterocycles. The molecule has 0 amide bonds. The number of phenolic OH excluding ortho intramolecular Hbond substituents is 1. The first-order chi connectivity index (χ1) is 8.54. The number of benzene rings is 1. The number of rotatable bonds is 3. The van der Waals surface area contributed by atoms with Crippen molar-refractivity contribution in [3.05, 3.63) is 40.2 Å². The second kappa shape index (κ2) is 5.12. The van der Waals surface area contributed by atoms with Gasteiger partial charge in [0.05, 0.1) is 11.6 Å². The molecule has 2 unspecified atom stereocenters. The van der Waals surface area contributed by atoms with E-state index in [0.717, 1.165) is 11.8 Å². The number of phenols is 1. The zero-order valence-electron chi connectivity index (χ0n) is 9.85. The van der Waals surface area contributed by atoms with Crippen molar-refractivity contribution >= 4 is 26.8 Å². The molecular formula is C13H14BrNO3. The summed E-state index contributed by atoms with van der Waals surface area (Å²) in [5.74, 6) is -0.0735. The van der Waals surface area contributed by atoms with Gasteiger partial charge in [-0.1, -0.05) is 35.0 Å². The fourth-order valence-corrected chi connectivity index (χ4v) is 2.17. The van der Waals surface area contributed by atoms with Gasteiger partial charge >= 0.3 is 0 Å². The van der Waals surface area contributed by atoms with Crippen molar-refractivity contribution in [2.45, 2.75) is 24.3 Å². The average Bonchev–Trinajstić information content (AvgIpc) is 2.38. The second-order valence-corrected chi connectivity index (χ2v) is 5.34. The minimum absolute atomic E-state index is 0.0735. The number of aromatic amines is 1. The Labute approximate surface area is 112 Å². The van der Waals surface area contributed by atoms with E-state index in [4.69, 9.17) is 0 Å². The van der Waals surface area contributed by atoms with Crippen LogP contribution in [-0.2, 0) is 0 Å². The van der Waals surface area contributed by atoms with Gasteiger partial charge in [-0.3, -0.25) is 4.79 Å². The maximum absolute atomic E-state index is 11.3. The number of hydrogen-bond acceptors (Lipinski definition) is 3. The molecule has 0 spiro atoms. The molecule has 1 aromatic carbocycles. The molecule has 0 aliphatic rings. The Hall–Kier alpha value is -1.33. The fraction of sp³-hybridized carbons (Fsp3) is 0.308. The predicted octanol–water partition coefficient (Wildman–Crippen LogP) is 2.44. The third kappa shape index (κ3) is 2.28. The number of nitrogens with one attached hydrogen (secondary N) is 1. The summed E-state index contributed by atoms with van der Waals surface area (Å²) in [7, 11) is 0. The Morgan fingerprint density at radius 2 is 2.00 bits per heavy atom. The summed E-state index contributed by atoms with van der Waals surface area (Å²) in [6, 6.07) is 6.47. The number of aliphatic hydroxyl groups is 1. The first kappa shape index (κ1) is 13.1. The number of hydrogen-bond donors (Lipinski definition) is 3. The van der Waals surface area contributed by atoms with Crippen molar-refractivity contribution in [3.63, 3.8) is 0 Å². The van der Waals surface area contributed by atoms with Crippen molar-refractivity contribution in [1.82, 2.24) is 4.98 Å². The standard InChI is InChI=1S/C13H14BrNO3/c1-2-9(14)12(17)8-5-3-7-4-6-10(16)15-11(7)13(8)18/h3-6,9,12,17-18H,2H2,1H3,(H,15,16). The molecule has 0 fully saturated rings. The third-order valence-electron chi connectivity index (χ3n) is 2.96. The lowest BCUT2D eigenvalue weighted by molar-refractivity contribution is 0.171. The zero-order valence-corrected chi connectivity index (χ0v) is 11.4. The van der Waals surface area contributed by atoms with Crippen molar-refractivity contribution in [1.29, 1.82) is 0 Å². The molecule has 3 N–H and O–H groups in total. The number of aromatic nitrogens is 1. The second-order valence-electron chi connectivity index (χ2n) is 4.16. The summed E-state index contributed by atoms with van der Waals surface area (Å²) in [5.41, 5.74) is 0.484. The number of fused-ring (bicyclic) bond motifs is 1. The smallest absolute Gasteiger partial charge is 0.248 e. The largest absolute Gasteiger partial charge is 0.505 e. The van der Waals surface area contributed by atoms with Crippen molar-refractivity contribution in [2.75, 3.05) is 0 Å². The van der Waals surface area contributed by atoms with E-state index >= 15 is 0 Å². The van der Waals surface area contributed by atoms with E-state index < -0.39 is 6.10 Å². The van der Waals surface area contributed by atoms with E-state index in [2.05, 4.69) is 20.9 Å². The van der Waals surface area contributed by atoms with Gasteiger partial charge in [0.15, 0.2) is 0 Å². The van der Waals surface area contributed by atoms with E-state index in [1.54, 1.807) is 18.2 Å². The molecule has 5 heteroatoms. The molecule has 0 bridgehead atoms. The molecule has 2 atom stereocenters. The molecule has 1 aromatic heterocycles. The lowest BCUT2D eigenvalue weighted by atomic mass is 10.0. The minimum Gasteiger partial charge on any atom is -0.505 e. The first-order valence-electron chi connectivity index (χ1n) is 5.71. The summed E-state index contributed by atoms with van der Waals surface area (Å²) >= 11 is 3.36. The van der Waals surface area contributed by atoms with Crippen LogP contribution in [0.2, 0.25) is 0 Å². The van der Waals surface area contributed by atoms with Crippen LogP contribution in [-0.4, -0.2) is 20.0 Å². The summed E-state index contributed by atoms with van der Waals surface area (Å²) in [5, 5.41) is 21.0. The number of aliphatic hydroxyl groups excluding tert-OH is 1. The molecule has 0 radical (unpaired) electrons. The highest BCUT2D eigenvalue weighted by Crippen LogP contribution is 2.34. The molecular weight excluding hydrogens is 298 g/mol. The number of halogens is 1. The minimum atomic E-state index is -0.817. The molecule has 18 heavy (non-hydrogen) atoms. The zero-order chi connectivity index (χ0) is 13.3. The van der Waals surface area contributed by atoms with Gasteiger partial charge in [0.25, 0.3) is 0 Å². The van der Waals surface area contributed by atoms with Gasteiger partial charge in [0.1, 0.15) is 5.75 Å². The molecule has 4 nitrogen and oxygen atoms in total. The van der Waals surface area contributed by atoms with E-state index in [1.807, 2.05) is 6.92 Å². The fourth-order valence-electron chi connectivity index (χ4n) is 1.88. The van der Waals surface area contributed by atoms with Gasteiger partial charge < -0.3 is 15.2 Å². The van der Waals surface area contributed by atoms with E-state index in [-0.39, 0.29) is 16.1 Å². The highest BCUT2D eigenvalue weighted by atomic mass is 79.9. The topological polar surface area (TPSA) is 73.3 Å². The molecule has 2 rings (SSSR count). The van der Waals surface area contributed by atoms with Crippen LogP contribution in [0.1, 0.15) is 25.0 Å². The lowest BCUT2D eigenvalue weighted by Gasteiger charge is -2.18. The van der Waals surface area contributed by atoms with Crippen LogP contribution in [0.25, 0.3) is 10.9 Å². The van der Waals surface area contributed by atoms with Gasteiger partial charge in [-0.25, -0.2) is 0 Å². The van der Waals surface area contributed by atoms with E-state index in [9.17, 15) is 15.0 Å². The SMILES string of the molecule is CCC(Br)C(O)c1ccc2ccc(=O)[nH]c2c1O. The molecule has 1 heterocycles. The summed E-state index contributed by atoms with van der Waals surface area (Å²) in [6.07, 6.45) is -0.0904. The summed E-state index contributed by atoms with van der Waals surface area (Å²) < 4.78 is 0. The summed E-state index contributed by atoms with van der Waals surface area (Å²) in [6.45, 7) is 1.93. The predicted molar refractivity (Wildman–Crippen MR) is 74.2 cm³/mol. The number of alkyl halides is 1. The van der Waals surface area contributed by atoms with Crippen LogP contribution in [0.4, 0.5) is 0 Å². The molecule has 2 aromatic rings. The molecule has 0 saturated heterocycles. The number of aromatic hydroxyl groups is 1.